The molecule has 1 aromatic carbocycles. The van der Waals surface area contributed by atoms with Gasteiger partial charge in [-0.05, 0) is 24.3 Å². The number of phenolic OH excluding ortho intramolecular Hbond substituents is 1. The minimum absolute atomic E-state index is 0.0188. The molecule has 8 nitrogen and oxygen atoms in total. The van der Waals surface area contributed by atoms with Gasteiger partial charge in [0.15, 0.2) is 0 Å². The van der Waals surface area contributed by atoms with Crippen LogP contribution >= 0.6 is 0 Å². The van der Waals surface area contributed by atoms with Crippen molar-refractivity contribution in [2.75, 3.05) is 0 Å². The van der Waals surface area contributed by atoms with Crippen molar-refractivity contribution >= 4 is 5.97 Å². The Morgan fingerprint density at radius 2 is 1.83 bits per heavy atom. The van der Waals surface area contributed by atoms with E-state index in [9.17, 15) is 14.4 Å². The number of carboxylic acids is 1. The fourth-order valence-electron chi connectivity index (χ4n) is 1.31. The van der Waals surface area contributed by atoms with Crippen LogP contribution in [0.3, 0.4) is 0 Å². The van der Waals surface area contributed by atoms with Crippen LogP contribution in [0, 0.1) is 0 Å². The van der Waals surface area contributed by atoms with Gasteiger partial charge in [0.25, 0.3) is 5.56 Å². The number of aromatic nitrogens is 3. The van der Waals surface area contributed by atoms with Gasteiger partial charge in [0.05, 0.1) is 5.69 Å². The van der Waals surface area contributed by atoms with Crippen LogP contribution in [0.15, 0.2) is 33.9 Å². The molecule has 1 heterocycles. The van der Waals surface area contributed by atoms with Crippen molar-refractivity contribution in [1.29, 1.82) is 0 Å². The van der Waals surface area contributed by atoms with E-state index < -0.39 is 22.9 Å². The molecule has 0 aliphatic rings. The van der Waals surface area contributed by atoms with Crippen molar-refractivity contribution in [1.82, 2.24) is 14.8 Å². The fourth-order valence-corrected chi connectivity index (χ4v) is 1.31. The first-order valence-corrected chi connectivity index (χ1v) is 4.75. The summed E-state index contributed by atoms with van der Waals surface area (Å²) in [6.45, 7) is 0. The average Bonchev–Trinajstić information content (AvgIpc) is 2.30. The number of phenols is 1. The molecular weight excluding hydrogens is 242 g/mol. The first kappa shape index (κ1) is 11.6. The van der Waals surface area contributed by atoms with Crippen LogP contribution in [0.2, 0.25) is 0 Å². The number of nitrogens with zero attached hydrogens (tertiary/aromatic N) is 2. The molecule has 2 rings (SSSR count). The highest BCUT2D eigenvalue weighted by Gasteiger charge is 2.14. The Labute approximate surface area is 98.8 Å². The number of rotatable bonds is 2. The van der Waals surface area contributed by atoms with Gasteiger partial charge < -0.3 is 10.2 Å². The molecule has 2 aromatic rings. The Hall–Kier alpha value is -2.90. The van der Waals surface area contributed by atoms with Gasteiger partial charge in [0.2, 0.25) is 5.69 Å². The molecule has 0 aliphatic heterocycles. The molecular formula is C10H7N3O5. The largest absolute Gasteiger partial charge is 0.508 e. The third kappa shape index (κ3) is 1.98. The number of aromatic amines is 1. The number of aromatic carboxylic acids is 1. The average molecular weight is 249 g/mol. The Morgan fingerprint density at radius 3 is 2.39 bits per heavy atom. The third-order valence-corrected chi connectivity index (χ3v) is 2.12. The van der Waals surface area contributed by atoms with Crippen molar-refractivity contribution in [2.45, 2.75) is 0 Å². The predicted molar refractivity (Wildman–Crippen MR) is 59.1 cm³/mol. The zero-order valence-corrected chi connectivity index (χ0v) is 8.82. The molecule has 1 aromatic heterocycles. The molecule has 0 radical (unpaired) electrons. The van der Waals surface area contributed by atoms with Crippen molar-refractivity contribution < 1.29 is 15.0 Å². The van der Waals surface area contributed by atoms with Crippen molar-refractivity contribution in [2.24, 2.45) is 0 Å². The highest BCUT2D eigenvalue weighted by molar-refractivity contribution is 5.84. The summed E-state index contributed by atoms with van der Waals surface area (Å²) in [6.07, 6.45) is 0. The Kier molecular flexibility index (Phi) is 2.68. The molecule has 3 N–H and O–H groups in total. The van der Waals surface area contributed by atoms with Gasteiger partial charge in [-0.1, -0.05) is 0 Å². The number of hydrogen-bond donors (Lipinski definition) is 3. The van der Waals surface area contributed by atoms with E-state index in [1.54, 1.807) is 0 Å². The van der Waals surface area contributed by atoms with E-state index in [2.05, 4.69) is 5.10 Å². The molecule has 0 atom stereocenters. The lowest BCUT2D eigenvalue weighted by Gasteiger charge is -2.04. The van der Waals surface area contributed by atoms with Crippen molar-refractivity contribution in [3.8, 4) is 11.4 Å². The smallest absolute Gasteiger partial charge is 0.362 e. The number of carboxylic acid groups (broad SMARTS) is 1. The topological polar surface area (TPSA) is 125 Å². The molecule has 92 valence electrons. The van der Waals surface area contributed by atoms with E-state index in [1.807, 2.05) is 4.98 Å². The normalized spacial score (nSPS) is 10.2. The fraction of sp³-hybridized carbons (Fsp3) is 0. The molecule has 0 amide bonds. The number of aromatic hydroxyl groups is 1. The van der Waals surface area contributed by atoms with Crippen molar-refractivity contribution in [3.63, 3.8) is 0 Å². The summed E-state index contributed by atoms with van der Waals surface area (Å²) in [5.74, 6) is -1.56. The monoisotopic (exact) mass is 249 g/mol. The lowest BCUT2D eigenvalue weighted by molar-refractivity contribution is 0.0685. The first-order valence-electron chi connectivity index (χ1n) is 4.75. The quantitative estimate of drug-likeness (QED) is 0.647. The van der Waals surface area contributed by atoms with Crippen molar-refractivity contribution in [3.05, 3.63) is 50.8 Å². The van der Waals surface area contributed by atoms with Crippen LogP contribution in [0.5, 0.6) is 5.75 Å². The molecule has 0 saturated heterocycles. The van der Waals surface area contributed by atoms with Gasteiger partial charge in [-0.3, -0.25) is 9.78 Å². The highest BCUT2D eigenvalue weighted by atomic mass is 16.4. The molecule has 18 heavy (non-hydrogen) atoms. The maximum atomic E-state index is 11.5. The second-order valence-electron chi connectivity index (χ2n) is 3.34. The van der Waals surface area contributed by atoms with Gasteiger partial charge in [-0.2, -0.15) is 9.78 Å². The summed E-state index contributed by atoms with van der Waals surface area (Å²) in [6, 6.07) is 5.31. The number of carbonyl (C=O) groups is 1. The minimum Gasteiger partial charge on any atom is -0.508 e. The third-order valence-electron chi connectivity index (χ3n) is 2.12. The lowest BCUT2D eigenvalue weighted by atomic mass is 10.3. The van der Waals surface area contributed by atoms with E-state index in [0.717, 1.165) is 4.68 Å². The molecule has 0 fully saturated rings. The van der Waals surface area contributed by atoms with Crippen LogP contribution in [-0.2, 0) is 0 Å². The first-order chi connectivity index (χ1) is 8.49. The second kappa shape index (κ2) is 4.17. The maximum absolute atomic E-state index is 11.5. The second-order valence-corrected chi connectivity index (χ2v) is 3.34. The van der Waals surface area contributed by atoms with Crippen LogP contribution in [0.4, 0.5) is 0 Å². The van der Waals surface area contributed by atoms with E-state index in [0.29, 0.717) is 0 Å². The van der Waals surface area contributed by atoms with Gasteiger partial charge in [-0.15, -0.1) is 0 Å². The van der Waals surface area contributed by atoms with Crippen LogP contribution in [-0.4, -0.2) is 30.9 Å². The Bertz CT molecular complexity index is 714. The standard InChI is InChI=1S/C10H7N3O5/c14-6-3-1-5(2-4-6)13-10(18)11-8(15)7(12-13)9(16)17/h1-4,14H,(H,16,17)(H,11,15,18). The number of H-pyrrole nitrogens is 1. The number of benzene rings is 1. The summed E-state index contributed by atoms with van der Waals surface area (Å²) in [4.78, 5) is 35.2. The minimum atomic E-state index is -1.54. The van der Waals surface area contributed by atoms with Crippen LogP contribution in [0.25, 0.3) is 5.69 Å². The summed E-state index contributed by atoms with van der Waals surface area (Å²) in [7, 11) is 0. The van der Waals surface area contributed by atoms with Crippen LogP contribution in [0.1, 0.15) is 10.5 Å². The zero-order chi connectivity index (χ0) is 13.3. The van der Waals surface area contributed by atoms with Gasteiger partial charge in [0, 0.05) is 0 Å². The van der Waals surface area contributed by atoms with Gasteiger partial charge in [0.1, 0.15) is 5.75 Å². The summed E-state index contributed by atoms with van der Waals surface area (Å²) in [5.41, 5.74) is -2.50. The molecule has 0 saturated carbocycles. The SMILES string of the molecule is O=C(O)c1nn(-c2ccc(O)cc2)c(=O)[nH]c1=O. The molecule has 0 bridgehead atoms. The summed E-state index contributed by atoms with van der Waals surface area (Å²) >= 11 is 0. The van der Waals surface area contributed by atoms with Crippen LogP contribution < -0.4 is 11.2 Å². The molecule has 0 spiro atoms. The predicted octanol–water partition coefficient (Wildman–Crippen LogP) is -0.675. The van der Waals surface area contributed by atoms with Gasteiger partial charge in [-0.25, -0.2) is 9.59 Å². The molecule has 0 aliphatic carbocycles. The van der Waals surface area contributed by atoms with E-state index in [4.69, 9.17) is 10.2 Å². The lowest BCUT2D eigenvalue weighted by Crippen LogP contribution is -2.35. The van der Waals surface area contributed by atoms with Gasteiger partial charge >= 0.3 is 11.7 Å². The summed E-state index contributed by atoms with van der Waals surface area (Å²) in [5, 5.41) is 21.3. The number of hydrogen-bond acceptors (Lipinski definition) is 5. The maximum Gasteiger partial charge on any atom is 0.362 e. The van der Waals surface area contributed by atoms with E-state index in [1.165, 1.54) is 24.3 Å². The molecule has 0 unspecified atom stereocenters. The Balaban J connectivity index is 2.68. The van der Waals surface area contributed by atoms with E-state index in [-0.39, 0.29) is 11.4 Å². The zero-order valence-electron chi connectivity index (χ0n) is 8.82. The Morgan fingerprint density at radius 1 is 1.22 bits per heavy atom. The number of nitrogens with one attached hydrogen (secondary N) is 1. The highest BCUT2D eigenvalue weighted by Crippen LogP contribution is 2.10. The summed E-state index contributed by atoms with van der Waals surface area (Å²) < 4.78 is 0.726. The molecule has 8 heteroatoms. The van der Waals surface area contributed by atoms with E-state index >= 15 is 0 Å².